The molecule has 5 unspecified atom stereocenters. The number of hydrogen-bond acceptors (Lipinski definition) is 15. The lowest BCUT2D eigenvalue weighted by Gasteiger charge is -2.21. The van der Waals surface area contributed by atoms with Crippen LogP contribution in [0.25, 0.3) is 0 Å². The Morgan fingerprint density at radius 2 is 0.475 bits per heavy atom. The van der Waals surface area contributed by atoms with Crippen LogP contribution in [0.1, 0.15) is 421 Å². The first-order chi connectivity index (χ1) is 48.7. The molecule has 17 nitrogen and oxygen atoms in total. The molecular weight excluding hydrogens is 1320 g/mol. The molecule has 19 heteroatoms. The number of unbranched alkanes of at least 4 members (excludes halogenated alkanes) is 42. The third-order valence-corrected chi connectivity index (χ3v) is 22.1. The van der Waals surface area contributed by atoms with E-state index in [2.05, 4.69) is 55.4 Å². The average Bonchev–Trinajstić information content (AvgIpc) is 0.956. The average molecular weight is 1480 g/mol. The van der Waals surface area contributed by atoms with Crippen LogP contribution in [-0.2, 0) is 65.4 Å². The highest BCUT2D eigenvalue weighted by atomic mass is 31.2. The first-order valence-electron chi connectivity index (χ1n) is 42.3. The van der Waals surface area contributed by atoms with Gasteiger partial charge in [0, 0.05) is 25.7 Å². The summed E-state index contributed by atoms with van der Waals surface area (Å²) in [4.78, 5) is 73.0. The van der Waals surface area contributed by atoms with Gasteiger partial charge in [0.1, 0.15) is 19.3 Å². The second-order valence-corrected chi connectivity index (χ2v) is 33.6. The Morgan fingerprint density at radius 3 is 0.703 bits per heavy atom. The summed E-state index contributed by atoms with van der Waals surface area (Å²) in [6.45, 7) is 14.3. The molecule has 0 aromatic carbocycles. The molecule has 0 rings (SSSR count). The summed E-state index contributed by atoms with van der Waals surface area (Å²) in [7, 11) is -9.92. The van der Waals surface area contributed by atoms with Gasteiger partial charge in [0.05, 0.1) is 26.4 Å². The minimum Gasteiger partial charge on any atom is -0.462 e. The second-order valence-electron chi connectivity index (χ2n) is 30.7. The highest BCUT2D eigenvalue weighted by Crippen LogP contribution is 2.45. The highest BCUT2D eigenvalue weighted by Gasteiger charge is 2.30. The van der Waals surface area contributed by atoms with Crippen LogP contribution in [0.2, 0.25) is 0 Å². The first-order valence-corrected chi connectivity index (χ1v) is 45.3. The zero-order chi connectivity index (χ0) is 74.6. The van der Waals surface area contributed by atoms with Crippen LogP contribution in [0.4, 0.5) is 0 Å². The van der Waals surface area contributed by atoms with Crippen LogP contribution in [0.15, 0.2) is 0 Å². The Hall–Kier alpha value is -1.94. The first kappa shape index (κ1) is 99.1. The summed E-state index contributed by atoms with van der Waals surface area (Å²) < 4.78 is 68.7. The van der Waals surface area contributed by atoms with E-state index in [1.54, 1.807) is 0 Å². The van der Waals surface area contributed by atoms with Crippen LogP contribution >= 0.6 is 15.6 Å². The van der Waals surface area contributed by atoms with Gasteiger partial charge in [-0.2, -0.15) is 0 Å². The number of aliphatic hydroxyl groups is 1. The van der Waals surface area contributed by atoms with E-state index in [1.165, 1.54) is 218 Å². The van der Waals surface area contributed by atoms with Crippen molar-refractivity contribution in [3.8, 4) is 0 Å². The molecule has 3 N–H and O–H groups in total. The fraction of sp³-hybridized carbons (Fsp3) is 0.951. The number of phosphoric acid groups is 2. The van der Waals surface area contributed by atoms with Crippen molar-refractivity contribution < 1.29 is 80.2 Å². The van der Waals surface area contributed by atoms with Crippen molar-refractivity contribution in [2.45, 2.75) is 440 Å². The number of rotatable bonds is 79. The Balaban J connectivity index is 5.15. The lowest BCUT2D eigenvalue weighted by molar-refractivity contribution is -0.161. The van der Waals surface area contributed by atoms with Crippen molar-refractivity contribution in [3.05, 3.63) is 0 Å². The minimum atomic E-state index is -4.96. The number of phosphoric ester groups is 2. The molecule has 0 aliphatic rings. The SMILES string of the molecule is CCC(C)CCCCCCCCCCCCCCCCCCCCC(=O)OC[C@H](COP(=O)(O)OC[C@@H](O)COP(=O)(O)OC[C@@H](COC(=O)CCCCCCCCC(C)C)OC(=O)CCCCCCCCCCCCCCCCC(C)CC)OC(=O)CCCCCCCCCCC(C)CC. The molecule has 0 heterocycles. The van der Waals surface area contributed by atoms with E-state index in [0.29, 0.717) is 31.6 Å². The number of esters is 4. The molecule has 0 aromatic heterocycles. The van der Waals surface area contributed by atoms with Gasteiger partial charge in [0.15, 0.2) is 12.2 Å². The van der Waals surface area contributed by atoms with Gasteiger partial charge in [-0.3, -0.25) is 37.3 Å². The molecule has 0 aromatic rings. The van der Waals surface area contributed by atoms with Gasteiger partial charge in [0.25, 0.3) is 0 Å². The van der Waals surface area contributed by atoms with Gasteiger partial charge >= 0.3 is 39.5 Å². The number of hydrogen-bond donors (Lipinski definition) is 3. The lowest BCUT2D eigenvalue weighted by Crippen LogP contribution is -2.30. The zero-order valence-electron chi connectivity index (χ0n) is 66.5. The van der Waals surface area contributed by atoms with Crippen molar-refractivity contribution in [2.75, 3.05) is 39.6 Å². The van der Waals surface area contributed by atoms with Crippen LogP contribution in [-0.4, -0.2) is 96.7 Å². The predicted octanol–water partition coefficient (Wildman–Crippen LogP) is 24.4. The van der Waals surface area contributed by atoms with Crippen LogP contribution in [0.3, 0.4) is 0 Å². The van der Waals surface area contributed by atoms with Gasteiger partial charge in [-0.25, -0.2) is 9.13 Å². The maximum Gasteiger partial charge on any atom is 0.472 e. The molecule has 101 heavy (non-hydrogen) atoms. The summed E-state index contributed by atoms with van der Waals surface area (Å²) in [6, 6.07) is 0. The van der Waals surface area contributed by atoms with Gasteiger partial charge in [-0.1, -0.05) is 370 Å². The van der Waals surface area contributed by atoms with E-state index in [0.717, 1.165) is 114 Å². The Labute approximate surface area is 619 Å². The second kappa shape index (κ2) is 71.0. The quantitative estimate of drug-likeness (QED) is 0.0222. The Kier molecular flexibility index (Phi) is 69.6. The fourth-order valence-corrected chi connectivity index (χ4v) is 14.1. The van der Waals surface area contributed by atoms with E-state index < -0.39 is 97.5 Å². The highest BCUT2D eigenvalue weighted by molar-refractivity contribution is 7.47. The van der Waals surface area contributed by atoms with Crippen molar-refractivity contribution in [1.29, 1.82) is 0 Å². The third-order valence-electron chi connectivity index (χ3n) is 20.2. The normalized spacial score (nSPS) is 14.8. The molecule has 0 amide bonds. The molecule has 0 fully saturated rings. The molecule has 0 aliphatic heterocycles. The summed E-state index contributed by atoms with van der Waals surface area (Å²) in [5.74, 6) is 1.05. The van der Waals surface area contributed by atoms with E-state index in [-0.39, 0.29) is 25.7 Å². The molecule has 0 aliphatic carbocycles. The molecule has 0 radical (unpaired) electrons. The Morgan fingerprint density at radius 1 is 0.277 bits per heavy atom. The summed E-state index contributed by atoms with van der Waals surface area (Å²) in [5, 5.41) is 10.6. The van der Waals surface area contributed by atoms with Crippen LogP contribution < -0.4 is 0 Å². The third kappa shape index (κ3) is 72.1. The van der Waals surface area contributed by atoms with E-state index in [1.807, 2.05) is 0 Å². The molecule has 0 bridgehead atoms. The van der Waals surface area contributed by atoms with Gasteiger partial charge < -0.3 is 33.8 Å². The lowest BCUT2D eigenvalue weighted by atomic mass is 9.99. The van der Waals surface area contributed by atoms with Crippen molar-refractivity contribution in [2.24, 2.45) is 23.7 Å². The molecular formula is C82H160O17P2. The Bertz CT molecular complexity index is 1980. The van der Waals surface area contributed by atoms with E-state index in [4.69, 9.17) is 37.0 Å². The molecule has 600 valence electrons. The molecule has 0 saturated heterocycles. The summed E-state index contributed by atoms with van der Waals surface area (Å²) in [6.07, 6.45) is 58.4. The predicted molar refractivity (Wildman–Crippen MR) is 414 cm³/mol. The molecule has 0 saturated carbocycles. The fourth-order valence-electron chi connectivity index (χ4n) is 12.5. The van der Waals surface area contributed by atoms with Gasteiger partial charge in [-0.15, -0.1) is 0 Å². The van der Waals surface area contributed by atoms with Gasteiger partial charge in [-0.05, 0) is 49.4 Å². The standard InChI is InChI=1S/C82H160O17P2/c1-9-73(6)59-51-43-34-28-24-20-16-14-12-13-15-17-22-26-30-37-46-54-62-79(84)92-68-77(99-82(87)65-57-49-39-33-32-36-45-53-61-75(8)11-3)70-96-100(88,89)94-66-76(83)67-95-101(90,91)97-71-78(69-93-80(85)63-55-47-41-40-42-50-58-72(4)5)98-81(86)64-56-48-38-31-27-23-19-18-21-25-29-35-44-52-60-74(7)10-2/h72-78,83H,9-71H2,1-8H3,(H,88,89)(H,90,91)/t73?,74?,75?,76-,77-,78-/m1/s1. The minimum absolute atomic E-state index is 0.105. The van der Waals surface area contributed by atoms with Crippen LogP contribution in [0.5, 0.6) is 0 Å². The summed E-state index contributed by atoms with van der Waals surface area (Å²) in [5.41, 5.74) is 0. The van der Waals surface area contributed by atoms with E-state index >= 15 is 0 Å². The zero-order valence-corrected chi connectivity index (χ0v) is 68.3. The topological polar surface area (TPSA) is 237 Å². The van der Waals surface area contributed by atoms with E-state index in [9.17, 15) is 43.2 Å². The number of aliphatic hydroxyl groups excluding tert-OH is 1. The maximum absolute atomic E-state index is 13.1. The largest absolute Gasteiger partial charge is 0.472 e. The number of ether oxygens (including phenoxy) is 4. The number of carbonyl (C=O) groups is 4. The van der Waals surface area contributed by atoms with Crippen molar-refractivity contribution in [1.82, 2.24) is 0 Å². The molecule has 8 atom stereocenters. The monoisotopic (exact) mass is 1480 g/mol. The molecule has 0 spiro atoms. The maximum atomic E-state index is 13.1. The summed E-state index contributed by atoms with van der Waals surface area (Å²) >= 11 is 0. The van der Waals surface area contributed by atoms with Crippen LogP contribution in [0, 0.1) is 23.7 Å². The van der Waals surface area contributed by atoms with Crippen molar-refractivity contribution in [3.63, 3.8) is 0 Å². The van der Waals surface area contributed by atoms with Gasteiger partial charge in [0.2, 0.25) is 0 Å². The number of carbonyl (C=O) groups excluding carboxylic acids is 4. The smallest absolute Gasteiger partial charge is 0.462 e. The van der Waals surface area contributed by atoms with Crippen molar-refractivity contribution >= 4 is 39.5 Å².